The van der Waals surface area contributed by atoms with Crippen molar-refractivity contribution in [3.8, 4) is 11.1 Å². The first-order chi connectivity index (χ1) is 9.08. The molecule has 0 aliphatic rings. The maximum Gasteiger partial charge on any atom is 0.409 e. The summed E-state index contributed by atoms with van der Waals surface area (Å²) in [6.07, 6.45) is 1.80. The first kappa shape index (κ1) is 12.5. The number of benzene rings is 1. The number of carbonyl (C=O) groups is 1. The molecule has 19 heavy (non-hydrogen) atoms. The van der Waals surface area contributed by atoms with Crippen molar-refractivity contribution in [1.29, 1.82) is 0 Å². The molecule has 1 amide bonds. The zero-order valence-corrected chi connectivity index (χ0v) is 9.61. The molecule has 0 aliphatic carbocycles. The molecular formula is C12H9N3O4. The summed E-state index contributed by atoms with van der Waals surface area (Å²) in [5.41, 5.74) is 1.03. The van der Waals surface area contributed by atoms with Gasteiger partial charge in [-0.3, -0.25) is 20.4 Å². The number of carboxylic acid groups (broad SMARTS) is 1. The van der Waals surface area contributed by atoms with Crippen LogP contribution < -0.4 is 5.32 Å². The average Bonchev–Trinajstić information content (AvgIpc) is 2.39. The molecule has 7 heteroatoms. The minimum Gasteiger partial charge on any atom is -0.465 e. The maximum atomic E-state index is 10.9. The third-order valence-electron chi connectivity index (χ3n) is 2.45. The number of pyridine rings is 1. The highest BCUT2D eigenvalue weighted by Crippen LogP contribution is 2.30. The van der Waals surface area contributed by atoms with Crippen LogP contribution in [0.4, 0.5) is 16.2 Å². The van der Waals surface area contributed by atoms with Gasteiger partial charge in [-0.2, -0.15) is 0 Å². The number of amides is 1. The van der Waals surface area contributed by atoms with Crippen LogP contribution in [0.1, 0.15) is 0 Å². The number of hydrogen-bond acceptors (Lipinski definition) is 4. The van der Waals surface area contributed by atoms with Gasteiger partial charge in [0.2, 0.25) is 0 Å². The Labute approximate surface area is 107 Å². The second-order valence-electron chi connectivity index (χ2n) is 3.66. The Balaban J connectivity index is 2.48. The summed E-state index contributed by atoms with van der Waals surface area (Å²) in [6, 6.07) is 7.71. The van der Waals surface area contributed by atoms with Gasteiger partial charge in [0.15, 0.2) is 0 Å². The first-order valence-corrected chi connectivity index (χ1v) is 5.26. The Kier molecular flexibility index (Phi) is 3.37. The molecule has 96 valence electrons. The van der Waals surface area contributed by atoms with Gasteiger partial charge < -0.3 is 5.11 Å². The van der Waals surface area contributed by atoms with Crippen molar-refractivity contribution in [2.75, 3.05) is 5.32 Å². The fourth-order valence-corrected chi connectivity index (χ4v) is 1.63. The summed E-state index contributed by atoms with van der Waals surface area (Å²) in [5, 5.41) is 21.6. The van der Waals surface area contributed by atoms with E-state index in [1.165, 1.54) is 12.1 Å². The standard InChI is InChI=1S/C12H9N3O4/c16-12(17)14-10-2-1-9(7-11(10)15(18)19)8-3-5-13-6-4-8/h1-7,14H,(H,16,17). The number of nitrogens with one attached hydrogen (secondary N) is 1. The molecular weight excluding hydrogens is 250 g/mol. The van der Waals surface area contributed by atoms with Crippen LogP contribution in [0.25, 0.3) is 11.1 Å². The number of aromatic nitrogens is 1. The van der Waals surface area contributed by atoms with Crippen LogP contribution in [0.3, 0.4) is 0 Å². The highest BCUT2D eigenvalue weighted by molar-refractivity contribution is 5.87. The SMILES string of the molecule is O=C(O)Nc1ccc(-c2ccncc2)cc1[N+](=O)[O-]. The van der Waals surface area contributed by atoms with Gasteiger partial charge in [0.25, 0.3) is 5.69 Å². The Morgan fingerprint density at radius 1 is 1.21 bits per heavy atom. The number of nitro benzene ring substituents is 1. The Bertz CT molecular complexity index is 628. The van der Waals surface area contributed by atoms with E-state index in [4.69, 9.17) is 5.11 Å². The quantitative estimate of drug-likeness (QED) is 0.651. The Morgan fingerprint density at radius 3 is 2.47 bits per heavy atom. The van der Waals surface area contributed by atoms with Crippen molar-refractivity contribution < 1.29 is 14.8 Å². The number of nitro groups is 1. The molecule has 0 spiro atoms. The van der Waals surface area contributed by atoms with Crippen LogP contribution in [-0.4, -0.2) is 21.1 Å². The van der Waals surface area contributed by atoms with Crippen molar-refractivity contribution in [2.45, 2.75) is 0 Å². The minimum atomic E-state index is -1.35. The van der Waals surface area contributed by atoms with Gasteiger partial charge in [-0.15, -0.1) is 0 Å². The molecule has 0 radical (unpaired) electrons. The monoisotopic (exact) mass is 259 g/mol. The van der Waals surface area contributed by atoms with Crippen molar-refractivity contribution in [1.82, 2.24) is 4.98 Å². The highest BCUT2D eigenvalue weighted by Gasteiger charge is 2.16. The van der Waals surface area contributed by atoms with Crippen LogP contribution in [0.2, 0.25) is 0 Å². The largest absolute Gasteiger partial charge is 0.465 e. The topological polar surface area (TPSA) is 105 Å². The fraction of sp³-hybridized carbons (Fsp3) is 0. The summed E-state index contributed by atoms with van der Waals surface area (Å²) in [4.78, 5) is 24.7. The molecule has 1 heterocycles. The van der Waals surface area contributed by atoms with Crippen molar-refractivity contribution in [2.24, 2.45) is 0 Å². The van der Waals surface area contributed by atoms with E-state index < -0.39 is 11.0 Å². The molecule has 0 saturated carbocycles. The Hall–Kier alpha value is -2.96. The van der Waals surface area contributed by atoms with Crippen molar-refractivity contribution in [3.05, 3.63) is 52.8 Å². The summed E-state index contributed by atoms with van der Waals surface area (Å²) in [7, 11) is 0. The lowest BCUT2D eigenvalue weighted by Gasteiger charge is -2.05. The predicted octanol–water partition coefficient (Wildman–Crippen LogP) is 2.75. The number of rotatable bonds is 3. The van der Waals surface area contributed by atoms with Gasteiger partial charge in [0.05, 0.1) is 4.92 Å². The molecule has 0 aliphatic heterocycles. The van der Waals surface area contributed by atoms with Gasteiger partial charge in [0.1, 0.15) is 5.69 Å². The van der Waals surface area contributed by atoms with E-state index in [1.54, 1.807) is 30.6 Å². The maximum absolute atomic E-state index is 10.9. The smallest absolute Gasteiger partial charge is 0.409 e. The molecule has 0 fully saturated rings. The predicted molar refractivity (Wildman–Crippen MR) is 68.0 cm³/mol. The van der Waals surface area contributed by atoms with Gasteiger partial charge >= 0.3 is 6.09 Å². The molecule has 0 saturated heterocycles. The van der Waals surface area contributed by atoms with Gasteiger partial charge in [-0.1, -0.05) is 6.07 Å². The molecule has 2 N–H and O–H groups in total. The second-order valence-corrected chi connectivity index (χ2v) is 3.66. The lowest BCUT2D eigenvalue weighted by Crippen LogP contribution is -2.09. The molecule has 0 bridgehead atoms. The fourth-order valence-electron chi connectivity index (χ4n) is 1.63. The van der Waals surface area contributed by atoms with E-state index in [-0.39, 0.29) is 11.4 Å². The van der Waals surface area contributed by atoms with E-state index in [9.17, 15) is 14.9 Å². The van der Waals surface area contributed by atoms with Gasteiger partial charge in [0, 0.05) is 18.5 Å². The third kappa shape index (κ3) is 2.83. The molecule has 0 unspecified atom stereocenters. The molecule has 1 aromatic heterocycles. The van der Waals surface area contributed by atoms with Gasteiger partial charge in [-0.05, 0) is 29.3 Å². The van der Waals surface area contributed by atoms with E-state index in [1.807, 2.05) is 5.32 Å². The van der Waals surface area contributed by atoms with Crippen LogP contribution in [0.15, 0.2) is 42.7 Å². The molecule has 1 aromatic carbocycles. The van der Waals surface area contributed by atoms with Crippen LogP contribution in [0.5, 0.6) is 0 Å². The summed E-state index contributed by atoms with van der Waals surface area (Å²) >= 11 is 0. The lowest BCUT2D eigenvalue weighted by molar-refractivity contribution is -0.383. The van der Waals surface area contributed by atoms with E-state index in [0.29, 0.717) is 5.56 Å². The Morgan fingerprint density at radius 2 is 1.89 bits per heavy atom. The second kappa shape index (κ2) is 5.13. The summed E-state index contributed by atoms with van der Waals surface area (Å²) in [5.74, 6) is 0. The number of hydrogen-bond donors (Lipinski definition) is 2. The summed E-state index contributed by atoms with van der Waals surface area (Å²) in [6.45, 7) is 0. The molecule has 2 aromatic rings. The van der Waals surface area contributed by atoms with Gasteiger partial charge in [-0.25, -0.2) is 4.79 Å². The first-order valence-electron chi connectivity index (χ1n) is 5.26. The lowest BCUT2D eigenvalue weighted by atomic mass is 10.1. The normalized spacial score (nSPS) is 9.89. The van der Waals surface area contributed by atoms with E-state index >= 15 is 0 Å². The van der Waals surface area contributed by atoms with Crippen molar-refractivity contribution in [3.63, 3.8) is 0 Å². The minimum absolute atomic E-state index is 0.0599. The van der Waals surface area contributed by atoms with Crippen LogP contribution in [-0.2, 0) is 0 Å². The zero-order valence-electron chi connectivity index (χ0n) is 9.61. The molecule has 0 atom stereocenters. The van der Waals surface area contributed by atoms with Crippen molar-refractivity contribution >= 4 is 17.5 Å². The molecule has 7 nitrogen and oxygen atoms in total. The van der Waals surface area contributed by atoms with E-state index in [2.05, 4.69) is 4.98 Å². The zero-order chi connectivity index (χ0) is 13.8. The summed E-state index contributed by atoms with van der Waals surface area (Å²) < 4.78 is 0. The third-order valence-corrected chi connectivity index (χ3v) is 2.45. The van der Waals surface area contributed by atoms with Crippen LogP contribution >= 0.6 is 0 Å². The number of nitrogens with zero attached hydrogens (tertiary/aromatic N) is 2. The van der Waals surface area contributed by atoms with Crippen LogP contribution in [0, 0.1) is 10.1 Å². The average molecular weight is 259 g/mol. The van der Waals surface area contributed by atoms with E-state index in [0.717, 1.165) is 5.56 Å². The molecule has 2 rings (SSSR count). The highest BCUT2D eigenvalue weighted by atomic mass is 16.6. The number of anilines is 1.